The minimum absolute atomic E-state index is 0.125. The second-order valence-corrected chi connectivity index (χ2v) is 10.8. The van der Waals surface area contributed by atoms with Crippen molar-refractivity contribution in [3.63, 3.8) is 0 Å². The van der Waals surface area contributed by atoms with Gasteiger partial charge in [0.15, 0.2) is 5.65 Å². The van der Waals surface area contributed by atoms with Crippen LogP contribution in [0.3, 0.4) is 0 Å². The van der Waals surface area contributed by atoms with Gasteiger partial charge in [0.2, 0.25) is 5.95 Å². The van der Waals surface area contributed by atoms with E-state index in [1.54, 1.807) is 10.9 Å². The number of nitrogens with zero attached hydrogens (tertiary/aromatic N) is 7. The Morgan fingerprint density at radius 1 is 1.38 bits per heavy atom. The summed E-state index contributed by atoms with van der Waals surface area (Å²) in [5.41, 5.74) is 2.84. The molecule has 11 heteroatoms. The molecule has 0 amide bonds. The number of aliphatic hydroxyl groups is 1. The number of aryl methyl sites for hydroxylation is 2. The molecule has 1 aliphatic rings. The molecule has 174 valence electrons. The molecule has 3 heterocycles. The minimum atomic E-state index is -0.653. The number of benzene rings is 1. The van der Waals surface area contributed by atoms with Crippen molar-refractivity contribution in [3.05, 3.63) is 39.6 Å². The van der Waals surface area contributed by atoms with Gasteiger partial charge in [0, 0.05) is 24.2 Å². The Morgan fingerprint density at radius 2 is 2.24 bits per heavy atom. The van der Waals surface area contributed by atoms with Crippen LogP contribution >= 0.6 is 27.3 Å². The summed E-state index contributed by atoms with van der Waals surface area (Å²) in [5.74, 6) is 0.509. The van der Waals surface area contributed by atoms with Gasteiger partial charge in [0.25, 0.3) is 0 Å². The quantitative estimate of drug-likeness (QED) is 0.365. The number of anilines is 1. The summed E-state index contributed by atoms with van der Waals surface area (Å²) in [6.45, 7) is 3.79. The Hall–Kier alpha value is -2.94. The molecule has 1 saturated carbocycles. The third-order valence-electron chi connectivity index (χ3n) is 6.03. The van der Waals surface area contributed by atoms with E-state index in [2.05, 4.69) is 47.6 Å². The second kappa shape index (κ2) is 9.02. The molecule has 5 rings (SSSR count). The molecule has 3 aromatic heterocycles. The summed E-state index contributed by atoms with van der Waals surface area (Å²) in [6, 6.07) is 8.37. The molecule has 9 nitrogen and oxygen atoms in total. The van der Waals surface area contributed by atoms with Crippen molar-refractivity contribution in [3.8, 4) is 22.3 Å². The smallest absolute Gasteiger partial charge is 0.224 e. The van der Waals surface area contributed by atoms with Crippen LogP contribution in [0.25, 0.3) is 27.3 Å². The number of rotatable bonds is 6. The highest BCUT2D eigenvalue weighted by Crippen LogP contribution is 2.33. The van der Waals surface area contributed by atoms with Gasteiger partial charge in [-0.05, 0) is 79.2 Å². The minimum Gasteiger partial charge on any atom is -0.390 e. The zero-order chi connectivity index (χ0) is 23.9. The topological polar surface area (TPSA) is 125 Å². The van der Waals surface area contributed by atoms with E-state index in [1.807, 2.05) is 32.0 Å². The van der Waals surface area contributed by atoms with Gasteiger partial charge < -0.3 is 10.4 Å². The highest BCUT2D eigenvalue weighted by Gasteiger charge is 2.33. The van der Waals surface area contributed by atoms with E-state index in [9.17, 15) is 5.11 Å². The van der Waals surface area contributed by atoms with Gasteiger partial charge in [-0.25, -0.2) is 9.67 Å². The van der Waals surface area contributed by atoms with E-state index in [1.165, 1.54) is 11.3 Å². The first-order chi connectivity index (χ1) is 16.3. The highest BCUT2D eigenvalue weighted by atomic mass is 79.9. The highest BCUT2D eigenvalue weighted by molar-refractivity contribution is 9.10. The van der Waals surface area contributed by atoms with Crippen LogP contribution in [0.4, 0.5) is 5.95 Å². The Morgan fingerprint density at radius 3 is 2.94 bits per heavy atom. The van der Waals surface area contributed by atoms with Crippen molar-refractivity contribution in [2.24, 2.45) is 0 Å². The molecule has 0 bridgehead atoms. The predicted molar refractivity (Wildman–Crippen MR) is 134 cm³/mol. The summed E-state index contributed by atoms with van der Waals surface area (Å²) in [4.78, 5) is 9.22. The zero-order valence-corrected chi connectivity index (χ0v) is 21.2. The predicted octanol–water partition coefficient (Wildman–Crippen LogP) is 4.58. The lowest BCUT2D eigenvalue weighted by atomic mass is 10.0. The van der Waals surface area contributed by atoms with Gasteiger partial charge in [0.05, 0.1) is 22.7 Å². The van der Waals surface area contributed by atoms with Crippen molar-refractivity contribution in [2.75, 3.05) is 5.32 Å². The van der Waals surface area contributed by atoms with Gasteiger partial charge in [0.1, 0.15) is 14.6 Å². The Bertz CT molecular complexity index is 1410. The number of nitrogens with one attached hydrogen (secondary N) is 1. The number of aromatic nitrogens is 6. The molecule has 1 aliphatic carbocycles. The van der Waals surface area contributed by atoms with Crippen molar-refractivity contribution in [1.82, 2.24) is 29.9 Å². The SMILES string of the molecule is Cc1nnc(-c2ccc(-n3nc(Br)c4cnc(N[C@@H]5CC[C@](C)(O)C5)nc43)cc2CCC#N)s1. The lowest BCUT2D eigenvalue weighted by Crippen LogP contribution is -2.24. The number of nitriles is 1. The summed E-state index contributed by atoms with van der Waals surface area (Å²) >= 11 is 5.06. The van der Waals surface area contributed by atoms with E-state index in [0.29, 0.717) is 35.5 Å². The monoisotopic (exact) mass is 538 g/mol. The first-order valence-corrected chi connectivity index (χ1v) is 12.6. The van der Waals surface area contributed by atoms with Gasteiger partial charge in [-0.1, -0.05) is 11.3 Å². The fourth-order valence-corrected chi connectivity index (χ4v) is 5.56. The second-order valence-electron chi connectivity index (χ2n) is 8.84. The van der Waals surface area contributed by atoms with Crippen LogP contribution in [0.1, 0.15) is 43.2 Å². The van der Waals surface area contributed by atoms with Crippen molar-refractivity contribution in [1.29, 1.82) is 5.26 Å². The fourth-order valence-electron chi connectivity index (χ4n) is 4.37. The molecule has 0 unspecified atom stereocenters. The summed E-state index contributed by atoms with van der Waals surface area (Å²) in [5, 5.41) is 38.4. The van der Waals surface area contributed by atoms with Crippen LogP contribution in [0, 0.1) is 18.3 Å². The molecular weight excluding hydrogens is 516 g/mol. The lowest BCUT2D eigenvalue weighted by molar-refractivity contribution is 0.0673. The standard InChI is InChI=1S/C23H23BrN8OS/c1-13-29-30-21(34-13)17-6-5-16(10-14(17)4-3-9-25)32-20-18(19(24)31-32)12-26-22(28-20)27-15-7-8-23(2,33)11-15/h5-6,10,12,15,33H,3-4,7-8,11H2,1-2H3,(H,26,27,28)/t15-,23+/m1/s1. The first-order valence-electron chi connectivity index (χ1n) is 11.0. The van der Waals surface area contributed by atoms with Crippen LogP contribution in [-0.2, 0) is 6.42 Å². The van der Waals surface area contributed by atoms with Crippen LogP contribution in [0.15, 0.2) is 29.0 Å². The van der Waals surface area contributed by atoms with E-state index < -0.39 is 5.60 Å². The van der Waals surface area contributed by atoms with Crippen molar-refractivity contribution in [2.45, 2.75) is 57.6 Å². The maximum atomic E-state index is 10.3. The molecule has 0 radical (unpaired) electrons. The fraction of sp³-hybridized carbons (Fsp3) is 0.391. The summed E-state index contributed by atoms with van der Waals surface area (Å²) in [7, 11) is 0. The number of hydrogen-bond donors (Lipinski definition) is 2. The number of fused-ring (bicyclic) bond motifs is 1. The normalized spacial score (nSPS) is 20.0. The van der Waals surface area contributed by atoms with E-state index in [4.69, 9.17) is 10.2 Å². The van der Waals surface area contributed by atoms with Crippen molar-refractivity contribution >= 4 is 44.2 Å². The van der Waals surface area contributed by atoms with E-state index in [0.717, 1.165) is 45.1 Å². The molecule has 0 spiro atoms. The maximum absolute atomic E-state index is 10.3. The van der Waals surface area contributed by atoms with Crippen LogP contribution < -0.4 is 5.32 Å². The average Bonchev–Trinajstić information content (AvgIpc) is 3.49. The number of hydrogen-bond acceptors (Lipinski definition) is 9. The van der Waals surface area contributed by atoms with Crippen LogP contribution in [-0.4, -0.2) is 46.7 Å². The average molecular weight is 539 g/mol. The Kier molecular flexibility index (Phi) is 6.06. The van der Waals surface area contributed by atoms with Gasteiger partial charge in [-0.3, -0.25) is 0 Å². The molecule has 2 atom stereocenters. The molecule has 2 N–H and O–H groups in total. The van der Waals surface area contributed by atoms with E-state index >= 15 is 0 Å². The third-order valence-corrected chi connectivity index (χ3v) is 7.48. The molecule has 1 aromatic carbocycles. The molecule has 0 saturated heterocycles. The molecule has 4 aromatic rings. The van der Waals surface area contributed by atoms with Gasteiger partial charge in [-0.15, -0.1) is 10.2 Å². The van der Waals surface area contributed by atoms with Crippen LogP contribution in [0.2, 0.25) is 0 Å². The first kappa shape index (κ1) is 22.8. The van der Waals surface area contributed by atoms with Crippen molar-refractivity contribution < 1.29 is 5.11 Å². The Labute approximate surface area is 209 Å². The zero-order valence-electron chi connectivity index (χ0n) is 18.8. The molecule has 34 heavy (non-hydrogen) atoms. The lowest BCUT2D eigenvalue weighted by Gasteiger charge is -2.16. The maximum Gasteiger partial charge on any atom is 0.224 e. The molecule has 1 fully saturated rings. The van der Waals surface area contributed by atoms with Crippen LogP contribution in [0.5, 0.6) is 0 Å². The largest absolute Gasteiger partial charge is 0.390 e. The van der Waals surface area contributed by atoms with Gasteiger partial charge in [-0.2, -0.15) is 15.3 Å². The molecular formula is C23H23BrN8OS. The summed E-state index contributed by atoms with van der Waals surface area (Å²) in [6.07, 6.45) is 5.03. The molecule has 0 aliphatic heterocycles. The Balaban J connectivity index is 1.53. The third kappa shape index (κ3) is 4.53. The number of halogens is 1. The summed E-state index contributed by atoms with van der Waals surface area (Å²) < 4.78 is 2.43. The van der Waals surface area contributed by atoms with Gasteiger partial charge >= 0.3 is 0 Å². The van der Waals surface area contributed by atoms with E-state index in [-0.39, 0.29) is 6.04 Å².